The van der Waals surface area contributed by atoms with Gasteiger partial charge in [0.15, 0.2) is 0 Å². The van der Waals surface area contributed by atoms with Crippen LogP contribution in [0.5, 0.6) is 0 Å². The lowest BCUT2D eigenvalue weighted by Gasteiger charge is -2.13. The second-order valence-corrected chi connectivity index (χ2v) is 5.40. The second kappa shape index (κ2) is 11.5. The fraction of sp³-hybridized carbons (Fsp3) is 0.857. The summed E-state index contributed by atoms with van der Waals surface area (Å²) in [5.41, 5.74) is 0. The Morgan fingerprint density at radius 3 is 2.25 bits per heavy atom. The van der Waals surface area contributed by atoms with Crippen molar-refractivity contribution in [3.8, 4) is 0 Å². The molecule has 0 aromatic carbocycles. The van der Waals surface area contributed by atoms with Crippen molar-refractivity contribution in [2.45, 2.75) is 58.4 Å². The summed E-state index contributed by atoms with van der Waals surface area (Å²) >= 11 is 0. The summed E-state index contributed by atoms with van der Waals surface area (Å²) in [4.78, 5) is 22.2. The van der Waals surface area contributed by atoms with Crippen molar-refractivity contribution in [1.82, 2.24) is 10.6 Å². The minimum Gasteiger partial charge on any atom is -0.480 e. The summed E-state index contributed by atoms with van der Waals surface area (Å²) < 4.78 is 0. The van der Waals surface area contributed by atoms with Crippen molar-refractivity contribution < 1.29 is 19.8 Å². The van der Waals surface area contributed by atoms with Crippen molar-refractivity contribution >= 4 is 12.0 Å². The fourth-order valence-electron chi connectivity index (χ4n) is 1.83. The van der Waals surface area contributed by atoms with Crippen molar-refractivity contribution in [3.63, 3.8) is 0 Å². The van der Waals surface area contributed by atoms with Crippen molar-refractivity contribution in [3.05, 3.63) is 0 Å². The maximum Gasteiger partial charge on any atom is 0.326 e. The molecule has 0 aliphatic rings. The lowest BCUT2D eigenvalue weighted by Crippen LogP contribution is -2.46. The van der Waals surface area contributed by atoms with E-state index in [4.69, 9.17) is 10.2 Å². The maximum absolute atomic E-state index is 11.4. The SMILES string of the molecule is CC(C)CCCCCCNC(=O)NC(CCO)C(=O)O. The third kappa shape index (κ3) is 10.6. The Labute approximate surface area is 120 Å². The number of aliphatic carboxylic acids is 1. The Bertz CT molecular complexity index is 282. The highest BCUT2D eigenvalue weighted by Crippen LogP contribution is 2.08. The molecular formula is C14H28N2O4. The van der Waals surface area contributed by atoms with Crippen molar-refractivity contribution in [1.29, 1.82) is 0 Å². The molecule has 0 radical (unpaired) electrons. The number of carbonyl (C=O) groups is 2. The number of aliphatic hydroxyl groups is 1. The monoisotopic (exact) mass is 288 g/mol. The van der Waals surface area contributed by atoms with Gasteiger partial charge in [-0.1, -0.05) is 39.5 Å². The molecule has 1 unspecified atom stereocenters. The van der Waals surface area contributed by atoms with Gasteiger partial charge in [0, 0.05) is 19.6 Å². The van der Waals surface area contributed by atoms with E-state index >= 15 is 0 Å². The molecule has 6 nitrogen and oxygen atoms in total. The van der Waals surface area contributed by atoms with Gasteiger partial charge < -0.3 is 20.8 Å². The number of hydrogen-bond donors (Lipinski definition) is 4. The fourth-order valence-corrected chi connectivity index (χ4v) is 1.83. The lowest BCUT2D eigenvalue weighted by atomic mass is 10.0. The van der Waals surface area contributed by atoms with Gasteiger partial charge in [-0.05, 0) is 12.3 Å². The normalized spacial score (nSPS) is 12.2. The summed E-state index contributed by atoms with van der Waals surface area (Å²) in [6, 6.07) is -1.53. The number of unbranched alkanes of at least 4 members (excludes halogenated alkanes) is 3. The molecule has 0 saturated carbocycles. The second-order valence-electron chi connectivity index (χ2n) is 5.40. The number of carboxylic acids is 1. The van der Waals surface area contributed by atoms with E-state index in [0.717, 1.165) is 25.2 Å². The summed E-state index contributed by atoms with van der Waals surface area (Å²) in [6.45, 7) is 4.68. The van der Waals surface area contributed by atoms with Gasteiger partial charge in [0.25, 0.3) is 0 Å². The first-order valence-electron chi connectivity index (χ1n) is 7.35. The molecule has 0 fully saturated rings. The molecule has 0 rings (SSSR count). The molecule has 0 saturated heterocycles. The van der Waals surface area contributed by atoms with Crippen LogP contribution in [0.15, 0.2) is 0 Å². The third-order valence-electron chi connectivity index (χ3n) is 3.02. The van der Waals surface area contributed by atoms with Gasteiger partial charge in [-0.2, -0.15) is 0 Å². The Morgan fingerprint density at radius 2 is 1.70 bits per heavy atom. The maximum atomic E-state index is 11.4. The molecule has 1 atom stereocenters. The molecule has 118 valence electrons. The quantitative estimate of drug-likeness (QED) is 0.435. The van der Waals surface area contributed by atoms with E-state index in [1.165, 1.54) is 12.8 Å². The molecular weight excluding hydrogens is 260 g/mol. The van der Waals surface area contributed by atoms with Crippen molar-refractivity contribution in [2.24, 2.45) is 5.92 Å². The molecule has 0 heterocycles. The molecule has 2 amide bonds. The Hall–Kier alpha value is -1.30. The minimum atomic E-state index is -1.14. The summed E-state index contributed by atoms with van der Waals surface area (Å²) in [6.07, 6.45) is 5.56. The molecule has 0 bridgehead atoms. The molecule has 0 aliphatic carbocycles. The van der Waals surface area contributed by atoms with Crippen LogP contribution < -0.4 is 10.6 Å². The van der Waals surface area contributed by atoms with Gasteiger partial charge in [0.1, 0.15) is 6.04 Å². The van der Waals surface area contributed by atoms with E-state index in [0.29, 0.717) is 6.54 Å². The summed E-state index contributed by atoms with van der Waals surface area (Å²) in [7, 11) is 0. The number of hydrogen-bond acceptors (Lipinski definition) is 3. The van der Waals surface area contributed by atoms with E-state index < -0.39 is 18.0 Å². The van der Waals surface area contributed by atoms with Gasteiger partial charge in [-0.3, -0.25) is 0 Å². The highest BCUT2D eigenvalue weighted by atomic mass is 16.4. The smallest absolute Gasteiger partial charge is 0.326 e. The Morgan fingerprint density at radius 1 is 1.05 bits per heavy atom. The van der Waals surface area contributed by atoms with Gasteiger partial charge in [-0.15, -0.1) is 0 Å². The van der Waals surface area contributed by atoms with Crippen LogP contribution >= 0.6 is 0 Å². The third-order valence-corrected chi connectivity index (χ3v) is 3.02. The van der Waals surface area contributed by atoms with Crippen LogP contribution in [-0.4, -0.2) is 41.4 Å². The standard InChI is InChI=1S/C14H28N2O4/c1-11(2)7-5-3-4-6-9-15-14(20)16-12(8-10-17)13(18)19/h11-12,17H,3-10H2,1-2H3,(H,18,19)(H2,15,16,20). The number of urea groups is 1. The lowest BCUT2D eigenvalue weighted by molar-refractivity contribution is -0.139. The zero-order valence-electron chi connectivity index (χ0n) is 12.5. The Kier molecular flexibility index (Phi) is 10.8. The Balaban J connectivity index is 3.60. The van der Waals surface area contributed by atoms with E-state index in [2.05, 4.69) is 24.5 Å². The van der Waals surface area contributed by atoms with Crippen LogP contribution in [0.1, 0.15) is 52.4 Å². The van der Waals surface area contributed by atoms with Crippen LogP contribution in [0.25, 0.3) is 0 Å². The molecule has 0 aromatic heterocycles. The first-order chi connectivity index (χ1) is 9.47. The van der Waals surface area contributed by atoms with E-state index in [9.17, 15) is 9.59 Å². The van der Waals surface area contributed by atoms with E-state index in [1.54, 1.807) is 0 Å². The predicted molar refractivity (Wildman–Crippen MR) is 77.6 cm³/mol. The molecule has 6 heteroatoms. The van der Waals surface area contributed by atoms with Crippen LogP contribution in [0.3, 0.4) is 0 Å². The van der Waals surface area contributed by atoms with Gasteiger partial charge in [0.2, 0.25) is 0 Å². The van der Waals surface area contributed by atoms with Gasteiger partial charge >= 0.3 is 12.0 Å². The minimum absolute atomic E-state index is 0.0119. The van der Waals surface area contributed by atoms with Gasteiger partial charge in [0.05, 0.1) is 0 Å². The molecule has 0 aromatic rings. The molecule has 20 heavy (non-hydrogen) atoms. The van der Waals surface area contributed by atoms with Crippen LogP contribution in [0, 0.1) is 5.92 Å². The first-order valence-corrected chi connectivity index (χ1v) is 7.35. The van der Waals surface area contributed by atoms with E-state index in [1.807, 2.05) is 0 Å². The predicted octanol–water partition coefficient (Wildman–Crippen LogP) is 1.73. The number of carbonyl (C=O) groups excluding carboxylic acids is 1. The van der Waals surface area contributed by atoms with Crippen LogP contribution in [-0.2, 0) is 4.79 Å². The highest BCUT2D eigenvalue weighted by molar-refractivity contribution is 5.82. The number of aliphatic hydroxyl groups excluding tert-OH is 1. The van der Waals surface area contributed by atoms with Gasteiger partial charge in [-0.25, -0.2) is 9.59 Å². The summed E-state index contributed by atoms with van der Waals surface area (Å²) in [5, 5.41) is 22.5. The highest BCUT2D eigenvalue weighted by Gasteiger charge is 2.18. The molecule has 0 aliphatic heterocycles. The number of amides is 2. The molecule has 4 N–H and O–H groups in total. The van der Waals surface area contributed by atoms with Crippen LogP contribution in [0.2, 0.25) is 0 Å². The van der Waals surface area contributed by atoms with Crippen molar-refractivity contribution in [2.75, 3.05) is 13.2 Å². The average molecular weight is 288 g/mol. The number of nitrogens with one attached hydrogen (secondary N) is 2. The summed E-state index contributed by atoms with van der Waals surface area (Å²) in [5.74, 6) is -0.402. The zero-order valence-corrected chi connectivity index (χ0v) is 12.5. The zero-order chi connectivity index (χ0) is 15.4. The van der Waals surface area contributed by atoms with E-state index in [-0.39, 0.29) is 13.0 Å². The number of carboxylic acid groups (broad SMARTS) is 1. The average Bonchev–Trinajstić information content (AvgIpc) is 2.36. The first kappa shape index (κ1) is 18.7. The largest absolute Gasteiger partial charge is 0.480 e. The number of rotatable bonds is 11. The van der Waals surface area contributed by atoms with Crippen LogP contribution in [0.4, 0.5) is 4.79 Å². The molecule has 0 spiro atoms. The topological polar surface area (TPSA) is 98.7 Å².